The van der Waals surface area contributed by atoms with Gasteiger partial charge in [-0.2, -0.15) is 0 Å². The van der Waals surface area contributed by atoms with Gasteiger partial charge in [-0.1, -0.05) is 12.1 Å². The first-order valence-corrected chi connectivity index (χ1v) is 5.79. The van der Waals surface area contributed by atoms with Gasteiger partial charge in [0.05, 0.1) is 0 Å². The number of nitrogens with one attached hydrogen (secondary N) is 1. The maximum atomic E-state index is 12.9. The van der Waals surface area contributed by atoms with Crippen molar-refractivity contribution >= 4 is 11.9 Å². The van der Waals surface area contributed by atoms with E-state index in [2.05, 4.69) is 15.4 Å². The Labute approximate surface area is 109 Å². The van der Waals surface area contributed by atoms with Gasteiger partial charge >= 0.3 is 0 Å². The molecule has 1 aromatic carbocycles. The highest BCUT2D eigenvalue weighted by molar-refractivity contribution is 5.75. The van der Waals surface area contributed by atoms with E-state index in [1.807, 2.05) is 6.07 Å². The minimum atomic E-state index is -0.276. The molecule has 1 amide bonds. The highest BCUT2D eigenvalue weighted by atomic mass is 19.1. The first kappa shape index (κ1) is 13.0. The quantitative estimate of drug-likeness (QED) is 0.815. The van der Waals surface area contributed by atoms with Crippen molar-refractivity contribution in [3.05, 3.63) is 42.0 Å². The van der Waals surface area contributed by atoms with E-state index in [4.69, 9.17) is 5.73 Å². The van der Waals surface area contributed by atoms with E-state index in [-0.39, 0.29) is 24.2 Å². The normalized spacial score (nSPS) is 10.4. The number of aromatic nitrogens is 3. The zero-order valence-corrected chi connectivity index (χ0v) is 10.2. The standard InChI is InChI=1S/C12H14FN5O/c13-10-3-1-2-9(6-10)4-5-15-11(19)7-18-8-16-12(14)17-18/h1-3,6,8H,4-5,7H2,(H2,14,17)(H,15,19). The molecule has 0 saturated carbocycles. The average molecular weight is 263 g/mol. The third-order valence-electron chi connectivity index (χ3n) is 2.48. The molecule has 7 heteroatoms. The highest BCUT2D eigenvalue weighted by Gasteiger charge is 2.04. The molecule has 100 valence electrons. The fourth-order valence-electron chi connectivity index (χ4n) is 1.63. The van der Waals surface area contributed by atoms with Crippen LogP contribution in [-0.4, -0.2) is 27.2 Å². The van der Waals surface area contributed by atoms with Crippen molar-refractivity contribution < 1.29 is 9.18 Å². The van der Waals surface area contributed by atoms with Crippen molar-refractivity contribution in [3.8, 4) is 0 Å². The molecule has 0 fully saturated rings. The Kier molecular flexibility index (Phi) is 4.07. The van der Waals surface area contributed by atoms with Gasteiger partial charge in [0.15, 0.2) is 0 Å². The Morgan fingerprint density at radius 2 is 2.32 bits per heavy atom. The molecule has 2 aromatic rings. The van der Waals surface area contributed by atoms with E-state index >= 15 is 0 Å². The van der Waals surface area contributed by atoms with Crippen LogP contribution in [0.4, 0.5) is 10.3 Å². The zero-order chi connectivity index (χ0) is 13.7. The molecule has 1 aromatic heterocycles. The third-order valence-corrected chi connectivity index (χ3v) is 2.48. The van der Waals surface area contributed by atoms with Crippen molar-refractivity contribution in [1.82, 2.24) is 20.1 Å². The Balaban J connectivity index is 1.75. The van der Waals surface area contributed by atoms with Crippen molar-refractivity contribution in [2.75, 3.05) is 12.3 Å². The second-order valence-electron chi connectivity index (χ2n) is 4.03. The molecule has 3 N–H and O–H groups in total. The number of hydrogen-bond donors (Lipinski definition) is 2. The fraction of sp³-hybridized carbons (Fsp3) is 0.250. The van der Waals surface area contributed by atoms with Crippen LogP contribution in [-0.2, 0) is 17.8 Å². The molecule has 0 unspecified atom stereocenters. The number of carbonyl (C=O) groups is 1. The number of amides is 1. The van der Waals surface area contributed by atoms with Crippen LogP contribution in [0.5, 0.6) is 0 Å². The van der Waals surface area contributed by atoms with Crippen LogP contribution >= 0.6 is 0 Å². The van der Waals surface area contributed by atoms with Crippen molar-refractivity contribution in [2.24, 2.45) is 0 Å². The van der Waals surface area contributed by atoms with E-state index in [9.17, 15) is 9.18 Å². The summed E-state index contributed by atoms with van der Waals surface area (Å²) in [5.74, 6) is -0.337. The lowest BCUT2D eigenvalue weighted by Gasteiger charge is -2.05. The number of hydrogen-bond acceptors (Lipinski definition) is 4. The fourth-order valence-corrected chi connectivity index (χ4v) is 1.63. The van der Waals surface area contributed by atoms with Gasteiger partial charge in [0.25, 0.3) is 0 Å². The van der Waals surface area contributed by atoms with Crippen LogP contribution in [0.25, 0.3) is 0 Å². The molecule has 0 atom stereocenters. The van der Waals surface area contributed by atoms with Crippen molar-refractivity contribution in [1.29, 1.82) is 0 Å². The van der Waals surface area contributed by atoms with Crippen LogP contribution in [0.3, 0.4) is 0 Å². The summed E-state index contributed by atoms with van der Waals surface area (Å²) in [5, 5.41) is 6.52. The van der Waals surface area contributed by atoms with E-state index in [0.29, 0.717) is 13.0 Å². The Morgan fingerprint density at radius 1 is 1.47 bits per heavy atom. The molecule has 0 radical (unpaired) electrons. The lowest BCUT2D eigenvalue weighted by molar-refractivity contribution is -0.121. The number of nitrogens with zero attached hydrogens (tertiary/aromatic N) is 3. The van der Waals surface area contributed by atoms with Crippen LogP contribution in [0.2, 0.25) is 0 Å². The largest absolute Gasteiger partial charge is 0.367 e. The zero-order valence-electron chi connectivity index (χ0n) is 10.2. The van der Waals surface area contributed by atoms with Gasteiger partial charge in [-0.25, -0.2) is 14.1 Å². The molecule has 0 aliphatic heterocycles. The molecule has 19 heavy (non-hydrogen) atoms. The first-order valence-electron chi connectivity index (χ1n) is 5.79. The van der Waals surface area contributed by atoms with E-state index in [1.165, 1.54) is 23.1 Å². The molecule has 0 aliphatic carbocycles. The molecule has 1 heterocycles. The van der Waals surface area contributed by atoms with Crippen molar-refractivity contribution in [3.63, 3.8) is 0 Å². The van der Waals surface area contributed by atoms with Crippen LogP contribution in [0, 0.1) is 5.82 Å². The Hall–Kier alpha value is -2.44. The van der Waals surface area contributed by atoms with Gasteiger partial charge < -0.3 is 11.1 Å². The molecule has 0 spiro atoms. The monoisotopic (exact) mass is 263 g/mol. The summed E-state index contributed by atoms with van der Waals surface area (Å²) in [6, 6.07) is 6.29. The molecule has 2 rings (SSSR count). The van der Waals surface area contributed by atoms with Crippen LogP contribution in [0.1, 0.15) is 5.56 Å². The predicted octanol–water partition coefficient (Wildman–Crippen LogP) is 0.358. The molecular weight excluding hydrogens is 249 g/mol. The summed E-state index contributed by atoms with van der Waals surface area (Å²) in [5.41, 5.74) is 6.17. The van der Waals surface area contributed by atoms with Crippen LogP contribution in [0.15, 0.2) is 30.6 Å². The lowest BCUT2D eigenvalue weighted by atomic mass is 10.1. The molecular formula is C12H14FN5O. The third kappa shape index (κ3) is 4.06. The van der Waals surface area contributed by atoms with Crippen molar-refractivity contribution in [2.45, 2.75) is 13.0 Å². The van der Waals surface area contributed by atoms with Gasteiger partial charge in [0.2, 0.25) is 11.9 Å². The number of carbonyl (C=O) groups excluding carboxylic acids is 1. The number of anilines is 1. The molecule has 0 bridgehead atoms. The topological polar surface area (TPSA) is 85.8 Å². The average Bonchev–Trinajstić information content (AvgIpc) is 2.75. The summed E-state index contributed by atoms with van der Waals surface area (Å²) >= 11 is 0. The van der Waals surface area contributed by atoms with Crippen LogP contribution < -0.4 is 11.1 Å². The minimum absolute atomic E-state index is 0.0628. The maximum Gasteiger partial charge on any atom is 0.241 e. The van der Waals surface area contributed by atoms with Gasteiger partial charge in [-0.15, -0.1) is 5.10 Å². The van der Waals surface area contributed by atoms with E-state index in [1.54, 1.807) is 6.07 Å². The highest BCUT2D eigenvalue weighted by Crippen LogP contribution is 2.03. The van der Waals surface area contributed by atoms with Gasteiger partial charge in [-0.05, 0) is 24.1 Å². The smallest absolute Gasteiger partial charge is 0.241 e. The summed E-state index contributed by atoms with van der Waals surface area (Å²) in [7, 11) is 0. The number of nitrogens with two attached hydrogens (primary N) is 1. The Morgan fingerprint density at radius 3 is 3.00 bits per heavy atom. The molecule has 6 nitrogen and oxygen atoms in total. The maximum absolute atomic E-state index is 12.9. The number of benzene rings is 1. The van der Waals surface area contributed by atoms with E-state index < -0.39 is 0 Å². The second-order valence-corrected chi connectivity index (χ2v) is 4.03. The molecule has 0 aliphatic rings. The van der Waals surface area contributed by atoms with Gasteiger partial charge in [0, 0.05) is 6.54 Å². The van der Waals surface area contributed by atoms with Gasteiger partial charge in [-0.3, -0.25) is 4.79 Å². The summed E-state index contributed by atoms with van der Waals surface area (Å²) in [6.07, 6.45) is 1.96. The summed E-state index contributed by atoms with van der Waals surface area (Å²) in [4.78, 5) is 15.3. The Bertz CT molecular complexity index is 569. The number of nitrogen functional groups attached to an aromatic ring is 1. The number of rotatable bonds is 5. The number of halogens is 1. The summed E-state index contributed by atoms with van der Waals surface area (Å²) in [6.45, 7) is 0.500. The lowest BCUT2D eigenvalue weighted by Crippen LogP contribution is -2.29. The predicted molar refractivity (Wildman–Crippen MR) is 67.5 cm³/mol. The minimum Gasteiger partial charge on any atom is -0.367 e. The van der Waals surface area contributed by atoms with E-state index in [0.717, 1.165) is 5.56 Å². The molecule has 0 saturated heterocycles. The first-order chi connectivity index (χ1) is 9.13. The summed E-state index contributed by atoms with van der Waals surface area (Å²) < 4.78 is 14.3. The SMILES string of the molecule is Nc1ncn(CC(=O)NCCc2cccc(F)c2)n1. The second kappa shape index (κ2) is 5.94. The van der Waals surface area contributed by atoms with Gasteiger partial charge in [0.1, 0.15) is 18.7 Å².